The Morgan fingerprint density at radius 1 is 1.28 bits per heavy atom. The van der Waals surface area contributed by atoms with Crippen molar-refractivity contribution in [1.29, 1.82) is 0 Å². The molecule has 0 saturated heterocycles. The summed E-state index contributed by atoms with van der Waals surface area (Å²) in [6.45, 7) is 1.59. The fraction of sp³-hybridized carbons (Fsp3) is 0.150. The highest BCUT2D eigenvalue weighted by Gasteiger charge is 2.21. The average molecular weight is 429 g/mol. The zero-order chi connectivity index (χ0) is 20.5. The number of halogens is 1. The van der Waals surface area contributed by atoms with Gasteiger partial charge in [0.2, 0.25) is 0 Å². The Morgan fingerprint density at radius 3 is 2.83 bits per heavy atom. The van der Waals surface area contributed by atoms with Gasteiger partial charge in [-0.15, -0.1) is 11.3 Å². The molecule has 148 valence electrons. The normalized spacial score (nSPS) is 12.3. The minimum atomic E-state index is -1.53. The van der Waals surface area contributed by atoms with Gasteiger partial charge in [-0.1, -0.05) is 6.07 Å². The summed E-state index contributed by atoms with van der Waals surface area (Å²) in [5.74, 6) is -1.37. The molecule has 0 aliphatic rings. The van der Waals surface area contributed by atoms with E-state index in [1.807, 2.05) is 6.92 Å². The van der Waals surface area contributed by atoms with E-state index < -0.39 is 22.6 Å². The summed E-state index contributed by atoms with van der Waals surface area (Å²) < 4.78 is 28.5. The van der Waals surface area contributed by atoms with Crippen molar-refractivity contribution in [2.75, 3.05) is 0 Å². The number of fused-ring (bicyclic) bond motifs is 1. The predicted octanol–water partition coefficient (Wildman–Crippen LogP) is 3.78. The van der Waals surface area contributed by atoms with Gasteiger partial charge < -0.3 is 9.67 Å². The van der Waals surface area contributed by atoms with Crippen molar-refractivity contribution >= 4 is 39.0 Å². The number of hydrogen-bond donors (Lipinski definition) is 1. The Kier molecular flexibility index (Phi) is 5.25. The number of pyridine rings is 1. The molecule has 9 heteroatoms. The monoisotopic (exact) mass is 429 g/mol. The van der Waals surface area contributed by atoms with E-state index in [0.717, 1.165) is 16.1 Å². The number of thiazole rings is 1. The van der Waals surface area contributed by atoms with Crippen LogP contribution >= 0.6 is 11.3 Å². The van der Waals surface area contributed by atoms with Gasteiger partial charge in [-0.25, -0.2) is 18.6 Å². The van der Waals surface area contributed by atoms with Gasteiger partial charge in [0.25, 0.3) is 0 Å². The lowest BCUT2D eigenvalue weighted by molar-refractivity contribution is -0.137. The van der Waals surface area contributed by atoms with E-state index in [4.69, 9.17) is 0 Å². The third kappa shape index (κ3) is 3.70. The van der Waals surface area contributed by atoms with Crippen molar-refractivity contribution in [3.8, 4) is 0 Å². The van der Waals surface area contributed by atoms with Gasteiger partial charge in [0.15, 0.2) is 0 Å². The van der Waals surface area contributed by atoms with Gasteiger partial charge in [-0.05, 0) is 42.8 Å². The lowest BCUT2D eigenvalue weighted by atomic mass is 10.1. The summed E-state index contributed by atoms with van der Waals surface area (Å²) in [7, 11) is -1.53. The van der Waals surface area contributed by atoms with Crippen LogP contribution in [0.3, 0.4) is 0 Å². The maximum absolute atomic E-state index is 13.9. The van der Waals surface area contributed by atoms with Gasteiger partial charge >= 0.3 is 5.97 Å². The molecule has 0 aliphatic heterocycles. The molecule has 3 heterocycles. The molecule has 0 saturated carbocycles. The molecule has 1 N–H and O–H groups in total. The molecular formula is C20H16FN3O3S2. The first kappa shape index (κ1) is 19.4. The fourth-order valence-electron chi connectivity index (χ4n) is 3.33. The second-order valence-electron chi connectivity index (χ2n) is 6.40. The van der Waals surface area contributed by atoms with Gasteiger partial charge in [0.05, 0.1) is 5.51 Å². The lowest BCUT2D eigenvalue weighted by Crippen LogP contribution is -2.10. The van der Waals surface area contributed by atoms with Crippen molar-refractivity contribution in [2.24, 2.45) is 0 Å². The second kappa shape index (κ2) is 7.84. The molecule has 3 aromatic heterocycles. The Labute approximate surface area is 172 Å². The van der Waals surface area contributed by atoms with E-state index in [1.165, 1.54) is 23.5 Å². The molecular weight excluding hydrogens is 413 g/mol. The third-order valence-electron chi connectivity index (χ3n) is 4.65. The largest absolute Gasteiger partial charge is 0.480 e. The molecule has 1 aromatic carbocycles. The minimum absolute atomic E-state index is 0.219. The van der Waals surface area contributed by atoms with Crippen LogP contribution in [0.4, 0.5) is 4.39 Å². The van der Waals surface area contributed by atoms with Crippen molar-refractivity contribution in [3.63, 3.8) is 0 Å². The molecule has 0 fully saturated rings. The Balaban J connectivity index is 1.79. The lowest BCUT2D eigenvalue weighted by Gasteiger charge is -2.06. The number of aliphatic carboxylic acids is 1. The summed E-state index contributed by atoms with van der Waals surface area (Å²) >= 11 is 1.36. The van der Waals surface area contributed by atoms with Crippen molar-refractivity contribution in [3.05, 3.63) is 70.1 Å². The zero-order valence-electron chi connectivity index (χ0n) is 15.3. The van der Waals surface area contributed by atoms with Crippen LogP contribution in [-0.4, -0.2) is 29.8 Å². The molecule has 4 rings (SSSR count). The topological polar surface area (TPSA) is 85.1 Å². The summed E-state index contributed by atoms with van der Waals surface area (Å²) in [5, 5.41) is 10.7. The van der Waals surface area contributed by atoms with Gasteiger partial charge in [-0.3, -0.25) is 4.79 Å². The first-order valence-electron chi connectivity index (χ1n) is 8.70. The fourth-order valence-corrected chi connectivity index (χ4v) is 5.42. The number of carboxylic acids is 1. The van der Waals surface area contributed by atoms with E-state index in [2.05, 4.69) is 9.97 Å². The van der Waals surface area contributed by atoms with Gasteiger partial charge in [-0.2, -0.15) is 0 Å². The molecule has 29 heavy (non-hydrogen) atoms. The van der Waals surface area contributed by atoms with E-state index in [1.54, 1.807) is 40.5 Å². The number of carboxylic acid groups (broad SMARTS) is 1. The zero-order valence-corrected chi connectivity index (χ0v) is 17.0. The smallest absolute Gasteiger partial charge is 0.323 e. The summed E-state index contributed by atoms with van der Waals surface area (Å²) in [4.78, 5) is 20.5. The summed E-state index contributed by atoms with van der Waals surface area (Å²) in [5.41, 5.74) is 3.80. The number of rotatable bonds is 6. The second-order valence-corrected chi connectivity index (χ2v) is 8.68. The van der Waals surface area contributed by atoms with E-state index in [9.17, 15) is 18.5 Å². The van der Waals surface area contributed by atoms with E-state index >= 15 is 0 Å². The highest BCUT2D eigenvalue weighted by atomic mass is 32.2. The first-order chi connectivity index (χ1) is 14.0. The SMILES string of the molecule is Cc1c(Cc2scnc2S(=O)c2ccccn2)c2cc(F)ccc2n1CC(=O)O. The molecule has 4 aromatic rings. The molecule has 0 amide bonds. The summed E-state index contributed by atoms with van der Waals surface area (Å²) in [6, 6.07) is 9.50. The predicted molar refractivity (Wildman–Crippen MR) is 108 cm³/mol. The molecule has 0 spiro atoms. The molecule has 0 bridgehead atoms. The van der Waals surface area contributed by atoms with Crippen LogP contribution in [0.5, 0.6) is 0 Å². The quantitative estimate of drug-likeness (QED) is 0.504. The van der Waals surface area contributed by atoms with Crippen molar-refractivity contribution in [1.82, 2.24) is 14.5 Å². The maximum Gasteiger partial charge on any atom is 0.323 e. The Morgan fingerprint density at radius 2 is 2.10 bits per heavy atom. The Bertz CT molecular complexity index is 1230. The molecule has 0 aliphatic carbocycles. The highest BCUT2D eigenvalue weighted by molar-refractivity contribution is 7.85. The average Bonchev–Trinajstić information content (AvgIpc) is 3.26. The van der Waals surface area contributed by atoms with Crippen molar-refractivity contribution < 1.29 is 18.5 Å². The standard InChI is InChI=1S/C20H16FN3O3S2/c1-12-14(15-8-13(21)5-6-16(15)24(12)10-19(25)26)9-17-20(23-11-28-17)29(27)18-4-2-3-7-22-18/h2-8,11H,9-10H2,1H3,(H,25,26). The first-order valence-corrected chi connectivity index (χ1v) is 10.7. The minimum Gasteiger partial charge on any atom is -0.480 e. The van der Waals surface area contributed by atoms with Crippen molar-refractivity contribution in [2.45, 2.75) is 29.9 Å². The van der Waals surface area contributed by atoms with Crippen LogP contribution in [-0.2, 0) is 28.6 Å². The van der Waals surface area contributed by atoms with Crippen LogP contribution in [0, 0.1) is 12.7 Å². The molecule has 1 atom stereocenters. The highest BCUT2D eigenvalue weighted by Crippen LogP contribution is 2.32. The van der Waals surface area contributed by atoms with Crippen LogP contribution in [0.25, 0.3) is 10.9 Å². The van der Waals surface area contributed by atoms with Gasteiger partial charge in [0.1, 0.15) is 33.2 Å². The third-order valence-corrected chi connectivity index (χ3v) is 6.94. The number of nitrogens with zero attached hydrogens (tertiary/aromatic N) is 3. The van der Waals surface area contributed by atoms with Crippen LogP contribution < -0.4 is 0 Å². The summed E-state index contributed by atoms with van der Waals surface area (Å²) in [6.07, 6.45) is 1.95. The van der Waals surface area contributed by atoms with Gasteiger partial charge in [0, 0.05) is 34.1 Å². The molecule has 1 unspecified atom stereocenters. The van der Waals surface area contributed by atoms with Crippen LogP contribution in [0.1, 0.15) is 16.1 Å². The van der Waals surface area contributed by atoms with E-state index in [-0.39, 0.29) is 6.54 Å². The Hall–Kier alpha value is -2.91. The molecule has 6 nitrogen and oxygen atoms in total. The number of aromatic nitrogens is 3. The van der Waals surface area contributed by atoms with E-state index in [0.29, 0.717) is 27.4 Å². The number of hydrogen-bond acceptors (Lipinski definition) is 5. The molecule has 0 radical (unpaired) electrons. The van der Waals surface area contributed by atoms with Crippen LogP contribution in [0.15, 0.2) is 58.2 Å². The van der Waals surface area contributed by atoms with Crippen LogP contribution in [0.2, 0.25) is 0 Å². The number of benzene rings is 1. The number of carbonyl (C=O) groups is 1. The maximum atomic E-state index is 13.9.